The van der Waals surface area contributed by atoms with Crippen LogP contribution in [-0.2, 0) is 0 Å². The highest BCUT2D eigenvalue weighted by Gasteiger charge is 2.24. The Bertz CT molecular complexity index is 163. The molecule has 0 aliphatic carbocycles. The van der Waals surface area contributed by atoms with E-state index >= 15 is 0 Å². The van der Waals surface area contributed by atoms with Crippen molar-refractivity contribution < 1.29 is 5.11 Å². The molecule has 0 aromatic rings. The molecule has 1 aliphatic rings. The summed E-state index contributed by atoms with van der Waals surface area (Å²) in [5.41, 5.74) is 0. The molecule has 3 heteroatoms. The Kier molecular flexibility index (Phi) is 4.35. The van der Waals surface area contributed by atoms with Crippen molar-refractivity contribution in [2.45, 2.75) is 45.9 Å². The van der Waals surface area contributed by atoms with Crippen LogP contribution in [0.4, 0.5) is 0 Å². The maximum atomic E-state index is 9.49. The average Bonchev–Trinajstić information content (AvgIpc) is 2.16. The summed E-state index contributed by atoms with van der Waals surface area (Å²) in [4.78, 5) is 4.87. The van der Waals surface area contributed by atoms with E-state index in [4.69, 9.17) is 0 Å². The normalized spacial score (nSPS) is 25.3. The smallest absolute Gasteiger partial charge is 0.0664 e. The molecule has 2 atom stereocenters. The Morgan fingerprint density at radius 3 is 1.64 bits per heavy atom. The molecule has 0 amide bonds. The summed E-state index contributed by atoms with van der Waals surface area (Å²) < 4.78 is 0. The van der Waals surface area contributed by atoms with Crippen molar-refractivity contribution in [3.63, 3.8) is 0 Å². The average molecular weight is 200 g/mol. The molecule has 84 valence electrons. The molecule has 0 saturated carbocycles. The van der Waals surface area contributed by atoms with Gasteiger partial charge in [0.2, 0.25) is 0 Å². The largest absolute Gasteiger partial charge is 0.392 e. The van der Waals surface area contributed by atoms with Crippen molar-refractivity contribution >= 4 is 0 Å². The standard InChI is InChI=1S/C11H24N2O/c1-9(2)12-5-7-13(8-6-12)10(3)11(4)14/h9-11,14H,5-8H2,1-4H3. The zero-order chi connectivity index (χ0) is 10.7. The summed E-state index contributed by atoms with van der Waals surface area (Å²) in [5.74, 6) is 0. The van der Waals surface area contributed by atoms with Gasteiger partial charge in [-0.3, -0.25) is 9.80 Å². The topological polar surface area (TPSA) is 26.7 Å². The second-order valence-corrected chi connectivity index (χ2v) is 4.65. The number of aliphatic hydroxyl groups excluding tert-OH is 1. The summed E-state index contributed by atoms with van der Waals surface area (Å²) in [7, 11) is 0. The van der Waals surface area contributed by atoms with E-state index in [1.54, 1.807) is 0 Å². The summed E-state index contributed by atoms with van der Waals surface area (Å²) >= 11 is 0. The first-order valence-electron chi connectivity index (χ1n) is 5.68. The van der Waals surface area contributed by atoms with Gasteiger partial charge >= 0.3 is 0 Å². The Morgan fingerprint density at radius 1 is 0.857 bits per heavy atom. The van der Waals surface area contributed by atoms with Crippen LogP contribution in [0.2, 0.25) is 0 Å². The maximum absolute atomic E-state index is 9.49. The molecule has 14 heavy (non-hydrogen) atoms. The van der Waals surface area contributed by atoms with E-state index in [1.807, 2.05) is 6.92 Å². The lowest BCUT2D eigenvalue weighted by atomic mass is 10.1. The number of hydrogen-bond acceptors (Lipinski definition) is 3. The maximum Gasteiger partial charge on any atom is 0.0664 e. The van der Waals surface area contributed by atoms with Crippen LogP contribution >= 0.6 is 0 Å². The van der Waals surface area contributed by atoms with Crippen molar-refractivity contribution in [2.75, 3.05) is 26.2 Å². The first-order chi connectivity index (χ1) is 6.52. The van der Waals surface area contributed by atoms with Gasteiger partial charge in [-0.25, -0.2) is 0 Å². The molecule has 1 fully saturated rings. The molecule has 1 rings (SSSR count). The summed E-state index contributed by atoms with van der Waals surface area (Å²) in [6, 6.07) is 0.948. The Balaban J connectivity index is 2.35. The van der Waals surface area contributed by atoms with E-state index in [2.05, 4.69) is 30.6 Å². The van der Waals surface area contributed by atoms with Gasteiger partial charge in [0.05, 0.1) is 6.10 Å². The number of piperazine rings is 1. The van der Waals surface area contributed by atoms with Gasteiger partial charge in [0, 0.05) is 38.3 Å². The molecule has 0 aromatic carbocycles. The lowest BCUT2D eigenvalue weighted by Crippen LogP contribution is -2.53. The van der Waals surface area contributed by atoms with E-state index in [-0.39, 0.29) is 6.10 Å². The molecule has 0 radical (unpaired) electrons. The third-order valence-electron chi connectivity index (χ3n) is 3.35. The van der Waals surface area contributed by atoms with Crippen LogP contribution in [0.3, 0.4) is 0 Å². The Labute approximate surface area is 87.7 Å². The van der Waals surface area contributed by atoms with Gasteiger partial charge in [-0.05, 0) is 27.7 Å². The van der Waals surface area contributed by atoms with E-state index in [1.165, 1.54) is 0 Å². The monoisotopic (exact) mass is 200 g/mol. The van der Waals surface area contributed by atoms with Crippen LogP contribution in [0.25, 0.3) is 0 Å². The van der Waals surface area contributed by atoms with Gasteiger partial charge in [0.15, 0.2) is 0 Å². The predicted octanol–water partition coefficient (Wildman–Crippen LogP) is 0.782. The second-order valence-electron chi connectivity index (χ2n) is 4.65. The highest BCUT2D eigenvalue weighted by Crippen LogP contribution is 2.10. The number of aliphatic hydroxyl groups is 1. The molecule has 0 aromatic heterocycles. The zero-order valence-electron chi connectivity index (χ0n) is 9.90. The first-order valence-corrected chi connectivity index (χ1v) is 5.68. The van der Waals surface area contributed by atoms with Gasteiger partial charge in [-0.2, -0.15) is 0 Å². The van der Waals surface area contributed by atoms with Crippen LogP contribution < -0.4 is 0 Å². The SMILES string of the molecule is CC(O)C(C)N1CCN(C(C)C)CC1. The fourth-order valence-corrected chi connectivity index (χ4v) is 1.97. The van der Waals surface area contributed by atoms with Crippen molar-refractivity contribution in [2.24, 2.45) is 0 Å². The summed E-state index contributed by atoms with van der Waals surface area (Å²) in [6.45, 7) is 12.9. The molecule has 1 saturated heterocycles. The third kappa shape index (κ3) is 2.94. The van der Waals surface area contributed by atoms with Crippen LogP contribution in [-0.4, -0.2) is 59.3 Å². The Morgan fingerprint density at radius 2 is 1.29 bits per heavy atom. The predicted molar refractivity (Wildman–Crippen MR) is 59.4 cm³/mol. The minimum absolute atomic E-state index is 0.222. The molecule has 0 bridgehead atoms. The fraction of sp³-hybridized carbons (Fsp3) is 1.00. The van der Waals surface area contributed by atoms with Crippen molar-refractivity contribution in [1.82, 2.24) is 9.80 Å². The van der Waals surface area contributed by atoms with Crippen LogP contribution in [0.15, 0.2) is 0 Å². The van der Waals surface area contributed by atoms with Crippen LogP contribution in [0, 0.1) is 0 Å². The van der Waals surface area contributed by atoms with E-state index in [0.717, 1.165) is 26.2 Å². The molecule has 1 N–H and O–H groups in total. The molecule has 1 heterocycles. The highest BCUT2D eigenvalue weighted by molar-refractivity contribution is 4.79. The van der Waals surface area contributed by atoms with Crippen molar-refractivity contribution in [3.05, 3.63) is 0 Å². The van der Waals surface area contributed by atoms with Gasteiger partial charge in [-0.1, -0.05) is 0 Å². The van der Waals surface area contributed by atoms with Crippen LogP contribution in [0.1, 0.15) is 27.7 Å². The minimum atomic E-state index is -0.222. The quantitative estimate of drug-likeness (QED) is 0.729. The lowest BCUT2D eigenvalue weighted by molar-refractivity contribution is 0.0279. The number of nitrogens with zero attached hydrogens (tertiary/aromatic N) is 2. The molecule has 0 spiro atoms. The third-order valence-corrected chi connectivity index (χ3v) is 3.35. The van der Waals surface area contributed by atoms with E-state index in [9.17, 15) is 5.11 Å². The molecule has 2 unspecified atom stereocenters. The summed E-state index contributed by atoms with van der Waals surface area (Å²) in [5, 5.41) is 9.49. The van der Waals surface area contributed by atoms with Crippen molar-refractivity contribution in [3.8, 4) is 0 Å². The van der Waals surface area contributed by atoms with Crippen LogP contribution in [0.5, 0.6) is 0 Å². The molecule has 1 aliphatic heterocycles. The Hall–Kier alpha value is -0.120. The first kappa shape index (κ1) is 12.0. The lowest BCUT2D eigenvalue weighted by Gasteiger charge is -2.40. The molecular weight excluding hydrogens is 176 g/mol. The highest BCUT2D eigenvalue weighted by atomic mass is 16.3. The summed E-state index contributed by atoms with van der Waals surface area (Å²) in [6.07, 6.45) is -0.222. The van der Waals surface area contributed by atoms with E-state index < -0.39 is 0 Å². The minimum Gasteiger partial charge on any atom is -0.392 e. The van der Waals surface area contributed by atoms with Gasteiger partial charge in [0.25, 0.3) is 0 Å². The van der Waals surface area contributed by atoms with Gasteiger partial charge < -0.3 is 5.11 Å². The fourth-order valence-electron chi connectivity index (χ4n) is 1.97. The van der Waals surface area contributed by atoms with Crippen molar-refractivity contribution in [1.29, 1.82) is 0 Å². The van der Waals surface area contributed by atoms with Gasteiger partial charge in [0.1, 0.15) is 0 Å². The van der Waals surface area contributed by atoms with Gasteiger partial charge in [-0.15, -0.1) is 0 Å². The zero-order valence-corrected chi connectivity index (χ0v) is 9.90. The number of rotatable bonds is 3. The van der Waals surface area contributed by atoms with E-state index in [0.29, 0.717) is 12.1 Å². The number of hydrogen-bond donors (Lipinski definition) is 1. The molecule has 3 nitrogen and oxygen atoms in total. The molecular formula is C11H24N2O. The second kappa shape index (κ2) is 5.10.